The summed E-state index contributed by atoms with van der Waals surface area (Å²) in [6.07, 6.45) is 2.91. The Bertz CT molecular complexity index is 323. The topological polar surface area (TPSA) is 48.1 Å². The molecule has 15 heavy (non-hydrogen) atoms. The van der Waals surface area contributed by atoms with Crippen molar-refractivity contribution in [1.29, 1.82) is 0 Å². The monoisotopic (exact) mass is 208 g/mol. The quantitative estimate of drug-likeness (QED) is 0.827. The Morgan fingerprint density at radius 1 is 1.40 bits per heavy atom. The molecule has 0 bridgehead atoms. The van der Waals surface area contributed by atoms with Gasteiger partial charge in [0.15, 0.2) is 0 Å². The van der Waals surface area contributed by atoms with E-state index in [1.807, 2.05) is 13.0 Å². The van der Waals surface area contributed by atoms with Gasteiger partial charge in [-0.25, -0.2) is 0 Å². The van der Waals surface area contributed by atoms with Crippen LogP contribution in [0.15, 0.2) is 12.3 Å². The minimum atomic E-state index is 0.190. The Hall–Kier alpha value is -1.25. The van der Waals surface area contributed by atoms with Crippen LogP contribution in [0.5, 0.6) is 5.75 Å². The first-order valence-electron chi connectivity index (χ1n) is 5.47. The Balaban J connectivity index is 2.94. The summed E-state index contributed by atoms with van der Waals surface area (Å²) in [5.74, 6) is 1.08. The van der Waals surface area contributed by atoms with Gasteiger partial charge in [-0.05, 0) is 19.3 Å². The highest BCUT2D eigenvalue weighted by atomic mass is 16.5. The molecule has 0 radical (unpaired) electrons. The van der Waals surface area contributed by atoms with Crippen molar-refractivity contribution in [2.24, 2.45) is 0 Å². The molecule has 0 aliphatic heterocycles. The van der Waals surface area contributed by atoms with Crippen molar-refractivity contribution >= 4 is 5.69 Å². The van der Waals surface area contributed by atoms with Crippen LogP contribution in [0.4, 0.5) is 5.69 Å². The predicted molar refractivity (Wildman–Crippen MR) is 63.1 cm³/mol. The molecule has 2 N–H and O–H groups in total. The average molecular weight is 208 g/mol. The number of hydrogen-bond donors (Lipinski definition) is 1. The summed E-state index contributed by atoms with van der Waals surface area (Å²) >= 11 is 0. The highest BCUT2D eigenvalue weighted by Crippen LogP contribution is 2.29. The third-order valence-electron chi connectivity index (χ3n) is 2.43. The van der Waals surface area contributed by atoms with Crippen LogP contribution in [0, 0.1) is 0 Å². The van der Waals surface area contributed by atoms with Gasteiger partial charge in [-0.15, -0.1) is 0 Å². The normalized spacial score (nSPS) is 12.9. The number of ether oxygens (including phenoxy) is 1. The Morgan fingerprint density at radius 2 is 2.07 bits per heavy atom. The van der Waals surface area contributed by atoms with Gasteiger partial charge in [0.25, 0.3) is 0 Å². The predicted octanol–water partition coefficient (Wildman–Crippen LogP) is 2.96. The molecule has 0 aliphatic rings. The zero-order valence-electron chi connectivity index (χ0n) is 9.95. The van der Waals surface area contributed by atoms with E-state index < -0.39 is 0 Å². The van der Waals surface area contributed by atoms with Crippen molar-refractivity contribution in [2.75, 3.05) is 5.73 Å². The first kappa shape index (κ1) is 11.8. The summed E-state index contributed by atoms with van der Waals surface area (Å²) in [5.41, 5.74) is 7.59. The van der Waals surface area contributed by atoms with Crippen molar-refractivity contribution in [2.45, 2.75) is 46.1 Å². The number of nitrogen functional groups attached to an aromatic ring is 1. The maximum Gasteiger partial charge on any atom is 0.146 e. The third-order valence-corrected chi connectivity index (χ3v) is 2.43. The fourth-order valence-corrected chi connectivity index (χ4v) is 1.33. The molecule has 3 heteroatoms. The van der Waals surface area contributed by atoms with E-state index in [0.29, 0.717) is 11.6 Å². The van der Waals surface area contributed by atoms with E-state index in [4.69, 9.17) is 10.5 Å². The summed E-state index contributed by atoms with van der Waals surface area (Å²) in [7, 11) is 0. The second-order valence-electron chi connectivity index (χ2n) is 4.10. The van der Waals surface area contributed by atoms with Crippen LogP contribution < -0.4 is 10.5 Å². The molecular formula is C12H20N2O. The van der Waals surface area contributed by atoms with Crippen molar-refractivity contribution in [3.05, 3.63) is 18.0 Å². The molecule has 1 heterocycles. The molecule has 0 saturated carbocycles. The number of hydrogen-bond acceptors (Lipinski definition) is 3. The van der Waals surface area contributed by atoms with Gasteiger partial charge in [-0.2, -0.15) is 0 Å². The third kappa shape index (κ3) is 2.85. The van der Waals surface area contributed by atoms with Crippen LogP contribution in [-0.2, 0) is 0 Å². The maximum absolute atomic E-state index is 6.00. The Kier molecular flexibility index (Phi) is 3.95. The van der Waals surface area contributed by atoms with Crippen LogP contribution in [0.2, 0.25) is 0 Å². The fraction of sp³-hybridized carbons (Fsp3) is 0.583. The minimum Gasteiger partial charge on any atom is -0.488 e. The van der Waals surface area contributed by atoms with Crippen molar-refractivity contribution in [3.63, 3.8) is 0 Å². The fourth-order valence-electron chi connectivity index (χ4n) is 1.33. The number of nitrogens with zero attached hydrogens (tertiary/aromatic N) is 1. The number of nitrogens with two attached hydrogens (primary N) is 1. The molecule has 0 saturated heterocycles. The molecule has 84 valence electrons. The number of anilines is 1. The van der Waals surface area contributed by atoms with Crippen LogP contribution >= 0.6 is 0 Å². The molecule has 3 nitrogen and oxygen atoms in total. The van der Waals surface area contributed by atoms with E-state index in [-0.39, 0.29) is 6.10 Å². The second kappa shape index (κ2) is 5.01. The summed E-state index contributed by atoms with van der Waals surface area (Å²) in [4.78, 5) is 4.27. The summed E-state index contributed by atoms with van der Waals surface area (Å²) in [5, 5.41) is 0. The standard InChI is InChI=1S/C12H20N2O/c1-5-9(4)15-10-6-7-14-12(8(2)3)11(10)13/h6-9H,5,13H2,1-4H3/t9-/m0/s1. The maximum atomic E-state index is 6.00. The molecule has 1 atom stereocenters. The number of pyridine rings is 1. The summed E-state index contributed by atoms with van der Waals surface area (Å²) < 4.78 is 5.72. The van der Waals surface area contributed by atoms with Gasteiger partial charge in [0.05, 0.1) is 17.5 Å². The molecule has 1 aromatic heterocycles. The van der Waals surface area contributed by atoms with Crippen molar-refractivity contribution in [1.82, 2.24) is 4.98 Å². The lowest BCUT2D eigenvalue weighted by molar-refractivity contribution is 0.218. The number of aromatic nitrogens is 1. The lowest BCUT2D eigenvalue weighted by atomic mass is 10.1. The van der Waals surface area contributed by atoms with Crippen LogP contribution in [0.25, 0.3) is 0 Å². The molecule has 0 unspecified atom stereocenters. The van der Waals surface area contributed by atoms with E-state index in [2.05, 4.69) is 25.8 Å². The van der Waals surface area contributed by atoms with Crippen molar-refractivity contribution in [3.8, 4) is 5.75 Å². The second-order valence-corrected chi connectivity index (χ2v) is 4.10. The van der Waals surface area contributed by atoms with Gasteiger partial charge < -0.3 is 10.5 Å². The molecule has 1 rings (SSSR count). The van der Waals surface area contributed by atoms with Crippen molar-refractivity contribution < 1.29 is 4.74 Å². The molecule has 0 spiro atoms. The number of rotatable bonds is 4. The highest BCUT2D eigenvalue weighted by molar-refractivity contribution is 5.56. The van der Waals surface area contributed by atoms with E-state index >= 15 is 0 Å². The van der Waals surface area contributed by atoms with E-state index in [0.717, 1.165) is 17.9 Å². The van der Waals surface area contributed by atoms with Gasteiger partial charge in [0.1, 0.15) is 5.75 Å². The summed E-state index contributed by atoms with van der Waals surface area (Å²) in [6, 6.07) is 1.83. The molecule has 1 aromatic rings. The smallest absolute Gasteiger partial charge is 0.146 e. The van der Waals surface area contributed by atoms with Gasteiger partial charge in [0.2, 0.25) is 0 Å². The van der Waals surface area contributed by atoms with Crippen LogP contribution in [0.1, 0.15) is 45.7 Å². The lowest BCUT2D eigenvalue weighted by Gasteiger charge is -2.16. The molecule has 0 fully saturated rings. The average Bonchev–Trinajstić information content (AvgIpc) is 2.20. The van der Waals surface area contributed by atoms with Crippen LogP contribution in [-0.4, -0.2) is 11.1 Å². The Labute approximate surface area is 91.7 Å². The first-order chi connectivity index (χ1) is 7.06. The van der Waals surface area contributed by atoms with Gasteiger partial charge in [-0.3, -0.25) is 4.98 Å². The SMILES string of the molecule is CC[C@H](C)Oc1ccnc(C(C)C)c1N. The zero-order valence-corrected chi connectivity index (χ0v) is 9.95. The molecule has 0 aromatic carbocycles. The molecule has 0 amide bonds. The molecule has 0 aliphatic carbocycles. The zero-order chi connectivity index (χ0) is 11.4. The molecular weight excluding hydrogens is 188 g/mol. The van der Waals surface area contributed by atoms with Crippen LogP contribution in [0.3, 0.4) is 0 Å². The first-order valence-corrected chi connectivity index (χ1v) is 5.47. The Morgan fingerprint density at radius 3 is 2.60 bits per heavy atom. The van der Waals surface area contributed by atoms with E-state index in [1.54, 1.807) is 6.20 Å². The largest absolute Gasteiger partial charge is 0.488 e. The van der Waals surface area contributed by atoms with E-state index in [1.165, 1.54) is 0 Å². The highest BCUT2D eigenvalue weighted by Gasteiger charge is 2.12. The summed E-state index contributed by atoms with van der Waals surface area (Å²) in [6.45, 7) is 8.28. The lowest BCUT2D eigenvalue weighted by Crippen LogP contribution is -2.12. The van der Waals surface area contributed by atoms with Gasteiger partial charge in [-0.1, -0.05) is 20.8 Å². The minimum absolute atomic E-state index is 0.190. The van der Waals surface area contributed by atoms with Gasteiger partial charge in [0, 0.05) is 12.3 Å². The van der Waals surface area contributed by atoms with E-state index in [9.17, 15) is 0 Å². The van der Waals surface area contributed by atoms with Gasteiger partial charge >= 0.3 is 0 Å².